The van der Waals surface area contributed by atoms with E-state index in [1.54, 1.807) is 31.2 Å². The van der Waals surface area contributed by atoms with Gasteiger partial charge in [0.25, 0.3) is 5.91 Å². The zero-order valence-corrected chi connectivity index (χ0v) is 14.4. The standard InChI is InChI=1S/C16H25N3O3S/c1-3-10-23(21,22)19-15-7-5-4-6-14(15)16(20)18-13-8-9-17-12(2)11-13/h4-7,12-13,17,19H,3,8-11H2,1-2H3,(H,18,20). The molecule has 1 aromatic rings. The van der Waals surface area contributed by atoms with Gasteiger partial charge >= 0.3 is 0 Å². The Kier molecular flexibility index (Phi) is 6.01. The maximum Gasteiger partial charge on any atom is 0.253 e. The quantitative estimate of drug-likeness (QED) is 0.736. The van der Waals surface area contributed by atoms with Crippen molar-refractivity contribution in [2.75, 3.05) is 17.0 Å². The number of hydrogen-bond donors (Lipinski definition) is 3. The molecule has 1 saturated heterocycles. The molecule has 128 valence electrons. The first-order valence-corrected chi connectivity index (χ1v) is 9.70. The highest BCUT2D eigenvalue weighted by molar-refractivity contribution is 7.92. The molecule has 0 aliphatic carbocycles. The molecule has 0 aromatic heterocycles. The van der Waals surface area contributed by atoms with Gasteiger partial charge in [-0.05, 0) is 44.9 Å². The van der Waals surface area contributed by atoms with Crippen molar-refractivity contribution in [2.24, 2.45) is 0 Å². The molecule has 2 atom stereocenters. The minimum atomic E-state index is -3.42. The van der Waals surface area contributed by atoms with Gasteiger partial charge in [-0.2, -0.15) is 0 Å². The average molecular weight is 339 g/mol. The van der Waals surface area contributed by atoms with Crippen molar-refractivity contribution in [1.82, 2.24) is 10.6 Å². The van der Waals surface area contributed by atoms with Crippen LogP contribution in [0.4, 0.5) is 5.69 Å². The number of amides is 1. The molecule has 0 bridgehead atoms. The summed E-state index contributed by atoms with van der Waals surface area (Å²) in [4.78, 5) is 12.5. The normalized spacial score (nSPS) is 21.7. The molecule has 1 aliphatic heterocycles. The largest absolute Gasteiger partial charge is 0.349 e. The van der Waals surface area contributed by atoms with E-state index in [0.29, 0.717) is 23.7 Å². The summed E-state index contributed by atoms with van der Waals surface area (Å²) < 4.78 is 26.4. The van der Waals surface area contributed by atoms with Crippen LogP contribution < -0.4 is 15.4 Å². The van der Waals surface area contributed by atoms with Crippen LogP contribution in [-0.4, -0.2) is 38.7 Å². The van der Waals surface area contributed by atoms with E-state index in [2.05, 4.69) is 22.3 Å². The minimum absolute atomic E-state index is 0.0365. The predicted molar refractivity (Wildman–Crippen MR) is 92.1 cm³/mol. The molecule has 7 heteroatoms. The fraction of sp³-hybridized carbons (Fsp3) is 0.562. The van der Waals surface area contributed by atoms with Crippen LogP contribution in [0.15, 0.2) is 24.3 Å². The van der Waals surface area contributed by atoms with Crippen LogP contribution >= 0.6 is 0 Å². The van der Waals surface area contributed by atoms with E-state index in [9.17, 15) is 13.2 Å². The van der Waals surface area contributed by atoms with Gasteiger partial charge in [-0.15, -0.1) is 0 Å². The van der Waals surface area contributed by atoms with Crippen molar-refractivity contribution in [2.45, 2.75) is 45.2 Å². The van der Waals surface area contributed by atoms with Crippen LogP contribution in [0.1, 0.15) is 43.5 Å². The molecule has 3 N–H and O–H groups in total. The lowest BCUT2D eigenvalue weighted by Crippen LogP contribution is -2.46. The summed E-state index contributed by atoms with van der Waals surface area (Å²) in [6.07, 6.45) is 2.27. The minimum Gasteiger partial charge on any atom is -0.349 e. The number of benzene rings is 1. The van der Waals surface area contributed by atoms with Crippen molar-refractivity contribution in [3.8, 4) is 0 Å². The molecule has 1 aliphatic rings. The lowest BCUT2D eigenvalue weighted by atomic mass is 10.00. The van der Waals surface area contributed by atoms with Crippen LogP contribution in [0.3, 0.4) is 0 Å². The third-order valence-electron chi connectivity index (χ3n) is 3.87. The molecule has 0 spiro atoms. The Morgan fingerprint density at radius 1 is 1.35 bits per heavy atom. The zero-order chi connectivity index (χ0) is 16.9. The second-order valence-corrected chi connectivity index (χ2v) is 7.86. The first-order valence-electron chi connectivity index (χ1n) is 8.05. The maximum atomic E-state index is 12.5. The molecule has 1 aromatic carbocycles. The first-order chi connectivity index (χ1) is 10.9. The molecule has 6 nitrogen and oxygen atoms in total. The lowest BCUT2D eigenvalue weighted by molar-refractivity contribution is 0.0926. The van der Waals surface area contributed by atoms with Crippen LogP contribution in [0, 0.1) is 0 Å². The summed E-state index contributed by atoms with van der Waals surface area (Å²) in [5, 5.41) is 6.35. The highest BCUT2D eigenvalue weighted by atomic mass is 32.2. The Labute approximate surface area is 138 Å². The van der Waals surface area contributed by atoms with Gasteiger partial charge in [-0.3, -0.25) is 9.52 Å². The summed E-state index contributed by atoms with van der Waals surface area (Å²) in [5.74, 6) is -0.201. The van der Waals surface area contributed by atoms with Gasteiger partial charge in [-0.25, -0.2) is 8.42 Å². The number of hydrogen-bond acceptors (Lipinski definition) is 4. The summed E-state index contributed by atoms with van der Waals surface area (Å²) >= 11 is 0. The Morgan fingerprint density at radius 2 is 2.09 bits per heavy atom. The van der Waals surface area contributed by atoms with Gasteiger partial charge in [-0.1, -0.05) is 19.1 Å². The Morgan fingerprint density at radius 3 is 2.78 bits per heavy atom. The van der Waals surface area contributed by atoms with E-state index >= 15 is 0 Å². The SMILES string of the molecule is CCCS(=O)(=O)Nc1ccccc1C(=O)NC1CCNC(C)C1. The van der Waals surface area contributed by atoms with Crippen molar-refractivity contribution in [3.63, 3.8) is 0 Å². The fourth-order valence-corrected chi connectivity index (χ4v) is 3.94. The smallest absolute Gasteiger partial charge is 0.253 e. The molecular weight excluding hydrogens is 314 g/mol. The molecule has 2 unspecified atom stereocenters. The van der Waals surface area contributed by atoms with Crippen molar-refractivity contribution >= 4 is 21.6 Å². The molecular formula is C16H25N3O3S. The molecule has 1 fully saturated rings. The van der Waals surface area contributed by atoms with E-state index < -0.39 is 10.0 Å². The third-order valence-corrected chi connectivity index (χ3v) is 5.35. The van der Waals surface area contributed by atoms with E-state index in [1.807, 2.05) is 0 Å². The third kappa shape index (κ3) is 5.21. The van der Waals surface area contributed by atoms with Gasteiger partial charge in [0.15, 0.2) is 0 Å². The molecule has 1 amide bonds. The molecule has 0 radical (unpaired) electrons. The van der Waals surface area contributed by atoms with E-state index in [4.69, 9.17) is 0 Å². The van der Waals surface area contributed by atoms with Crippen molar-refractivity contribution < 1.29 is 13.2 Å². The average Bonchev–Trinajstić information content (AvgIpc) is 2.47. The Hall–Kier alpha value is -1.60. The van der Waals surface area contributed by atoms with E-state index in [-0.39, 0.29) is 17.7 Å². The Bertz CT molecular complexity index is 646. The number of nitrogens with one attached hydrogen (secondary N) is 3. The summed E-state index contributed by atoms with van der Waals surface area (Å²) in [6.45, 7) is 4.76. The van der Waals surface area contributed by atoms with Gasteiger partial charge in [0.2, 0.25) is 10.0 Å². The topological polar surface area (TPSA) is 87.3 Å². The van der Waals surface area contributed by atoms with Crippen LogP contribution in [0.25, 0.3) is 0 Å². The first kappa shape index (κ1) is 17.7. The van der Waals surface area contributed by atoms with E-state index in [0.717, 1.165) is 19.4 Å². The van der Waals surface area contributed by atoms with Gasteiger partial charge in [0.1, 0.15) is 0 Å². The van der Waals surface area contributed by atoms with Crippen molar-refractivity contribution in [1.29, 1.82) is 0 Å². The molecule has 23 heavy (non-hydrogen) atoms. The highest BCUT2D eigenvalue weighted by Gasteiger charge is 2.22. The summed E-state index contributed by atoms with van der Waals surface area (Å²) in [5.41, 5.74) is 0.693. The molecule has 0 saturated carbocycles. The predicted octanol–water partition coefficient (Wildman–Crippen LogP) is 1.71. The number of carbonyl (C=O) groups excluding carboxylic acids is 1. The number of sulfonamides is 1. The van der Waals surface area contributed by atoms with E-state index in [1.165, 1.54) is 0 Å². The summed E-state index contributed by atoms with van der Waals surface area (Å²) in [6, 6.07) is 7.19. The monoisotopic (exact) mass is 339 g/mol. The maximum absolute atomic E-state index is 12.5. The number of piperidine rings is 1. The Balaban J connectivity index is 2.11. The van der Waals surface area contributed by atoms with Gasteiger partial charge in [0, 0.05) is 12.1 Å². The zero-order valence-electron chi connectivity index (χ0n) is 13.6. The summed E-state index contributed by atoms with van der Waals surface area (Å²) in [7, 11) is -3.42. The number of rotatable bonds is 6. The number of para-hydroxylation sites is 1. The number of carbonyl (C=O) groups is 1. The lowest BCUT2D eigenvalue weighted by Gasteiger charge is -2.28. The molecule has 2 rings (SSSR count). The highest BCUT2D eigenvalue weighted by Crippen LogP contribution is 2.18. The molecule has 1 heterocycles. The van der Waals surface area contributed by atoms with Crippen LogP contribution in [0.5, 0.6) is 0 Å². The number of anilines is 1. The second-order valence-electron chi connectivity index (χ2n) is 6.02. The van der Waals surface area contributed by atoms with Crippen LogP contribution in [-0.2, 0) is 10.0 Å². The van der Waals surface area contributed by atoms with Gasteiger partial charge < -0.3 is 10.6 Å². The van der Waals surface area contributed by atoms with Crippen LogP contribution in [0.2, 0.25) is 0 Å². The van der Waals surface area contributed by atoms with Crippen molar-refractivity contribution in [3.05, 3.63) is 29.8 Å². The van der Waals surface area contributed by atoms with Gasteiger partial charge in [0.05, 0.1) is 17.0 Å². The second kappa shape index (κ2) is 7.79. The fourth-order valence-electron chi connectivity index (χ4n) is 2.78.